The highest BCUT2D eigenvalue weighted by atomic mass is 16.7. The molecule has 0 unspecified atom stereocenters. The van der Waals surface area contributed by atoms with E-state index in [0.717, 1.165) is 32.6 Å². The summed E-state index contributed by atoms with van der Waals surface area (Å²) >= 11 is 0. The maximum absolute atomic E-state index is 5.60. The van der Waals surface area contributed by atoms with Crippen molar-refractivity contribution in [2.24, 2.45) is 5.73 Å². The second-order valence-corrected chi connectivity index (χ2v) is 3.45. The van der Waals surface area contributed by atoms with Crippen molar-refractivity contribution in [2.45, 2.75) is 24.7 Å². The summed E-state index contributed by atoms with van der Waals surface area (Å²) in [6.07, 6.45) is 1.84. The van der Waals surface area contributed by atoms with Crippen LogP contribution in [0.1, 0.15) is 12.8 Å². The van der Waals surface area contributed by atoms with Gasteiger partial charge in [-0.25, -0.2) is 0 Å². The van der Waals surface area contributed by atoms with Crippen LogP contribution in [0.25, 0.3) is 0 Å². The monoisotopic (exact) mass is 172 g/mol. The molecule has 2 fully saturated rings. The largest absolute Gasteiger partial charge is 0.347 e. The molecule has 70 valence electrons. The van der Waals surface area contributed by atoms with Crippen molar-refractivity contribution in [3.63, 3.8) is 0 Å². The summed E-state index contributed by atoms with van der Waals surface area (Å²) < 4.78 is 11.2. The highest BCUT2D eigenvalue weighted by Crippen LogP contribution is 2.30. The fraction of sp³-hybridized carbons (Fsp3) is 1.00. The molecule has 0 radical (unpaired) electrons. The molecule has 0 bridgehead atoms. The van der Waals surface area contributed by atoms with Gasteiger partial charge in [0.2, 0.25) is 0 Å². The number of hydrogen-bond acceptors (Lipinski definition) is 4. The maximum atomic E-state index is 5.60. The summed E-state index contributed by atoms with van der Waals surface area (Å²) in [5, 5.41) is 3.33. The van der Waals surface area contributed by atoms with Crippen LogP contribution in [0.4, 0.5) is 0 Å². The molecule has 0 aromatic carbocycles. The Kier molecular flexibility index (Phi) is 2.32. The Labute approximate surface area is 72.4 Å². The molecule has 4 nitrogen and oxygen atoms in total. The minimum absolute atomic E-state index is 0.296. The van der Waals surface area contributed by atoms with Gasteiger partial charge in [-0.1, -0.05) is 0 Å². The third-order valence-corrected chi connectivity index (χ3v) is 2.59. The number of nitrogens with one attached hydrogen (secondary N) is 1. The molecule has 0 aromatic heterocycles. The van der Waals surface area contributed by atoms with Gasteiger partial charge in [-0.2, -0.15) is 0 Å². The third kappa shape index (κ3) is 1.47. The van der Waals surface area contributed by atoms with Crippen molar-refractivity contribution in [2.75, 3.05) is 26.3 Å². The smallest absolute Gasteiger partial charge is 0.171 e. The molecule has 0 aliphatic carbocycles. The van der Waals surface area contributed by atoms with Crippen LogP contribution in [-0.2, 0) is 9.47 Å². The summed E-state index contributed by atoms with van der Waals surface area (Å²) in [7, 11) is 0. The van der Waals surface area contributed by atoms with E-state index in [1.165, 1.54) is 0 Å². The molecule has 0 amide bonds. The predicted octanol–water partition coefficient (Wildman–Crippen LogP) is -0.560. The fourth-order valence-electron chi connectivity index (χ4n) is 1.94. The molecule has 3 N–H and O–H groups in total. The molecular formula is C8H16N2O2. The first-order chi connectivity index (χ1) is 5.85. The van der Waals surface area contributed by atoms with Crippen molar-refractivity contribution in [1.29, 1.82) is 0 Å². The van der Waals surface area contributed by atoms with Crippen molar-refractivity contribution in [3.8, 4) is 0 Å². The van der Waals surface area contributed by atoms with Gasteiger partial charge in [0, 0.05) is 32.0 Å². The van der Waals surface area contributed by atoms with Crippen molar-refractivity contribution in [1.82, 2.24) is 5.32 Å². The van der Waals surface area contributed by atoms with E-state index < -0.39 is 0 Å². The summed E-state index contributed by atoms with van der Waals surface area (Å²) in [6, 6.07) is 0.358. The van der Waals surface area contributed by atoms with E-state index in [1.54, 1.807) is 0 Å². The van der Waals surface area contributed by atoms with Crippen molar-refractivity contribution < 1.29 is 9.47 Å². The Morgan fingerprint density at radius 2 is 2.17 bits per heavy atom. The average Bonchev–Trinajstić information content (AvgIpc) is 2.53. The molecule has 1 atom stereocenters. The molecule has 1 spiro atoms. The van der Waals surface area contributed by atoms with Crippen LogP contribution in [0.15, 0.2) is 0 Å². The first kappa shape index (κ1) is 8.44. The zero-order valence-electron chi connectivity index (χ0n) is 7.21. The highest BCUT2D eigenvalue weighted by molar-refractivity contribution is 4.87. The van der Waals surface area contributed by atoms with Gasteiger partial charge in [-0.15, -0.1) is 0 Å². The second-order valence-electron chi connectivity index (χ2n) is 3.45. The van der Waals surface area contributed by atoms with Crippen LogP contribution in [0.3, 0.4) is 0 Å². The van der Waals surface area contributed by atoms with Crippen molar-refractivity contribution >= 4 is 0 Å². The SMILES string of the molecule is NC[C@H]1CC2(CCN1)OCCO2. The van der Waals surface area contributed by atoms with Gasteiger partial charge in [0.25, 0.3) is 0 Å². The standard InChI is InChI=1S/C8H16N2O2/c9-6-7-5-8(1-2-10-7)11-3-4-12-8/h7,10H,1-6,9H2/t7-/m1/s1. The molecule has 2 rings (SSSR count). The molecule has 0 saturated carbocycles. The minimum atomic E-state index is -0.296. The van der Waals surface area contributed by atoms with Crippen LogP contribution in [-0.4, -0.2) is 38.1 Å². The molecule has 0 aromatic rings. The normalized spacial score (nSPS) is 34.2. The predicted molar refractivity (Wildman–Crippen MR) is 44.7 cm³/mol. The van der Waals surface area contributed by atoms with Crippen LogP contribution < -0.4 is 11.1 Å². The summed E-state index contributed by atoms with van der Waals surface area (Å²) in [5.41, 5.74) is 5.58. The lowest BCUT2D eigenvalue weighted by molar-refractivity contribution is -0.179. The van der Waals surface area contributed by atoms with Gasteiger partial charge < -0.3 is 20.5 Å². The van der Waals surface area contributed by atoms with E-state index in [4.69, 9.17) is 15.2 Å². The lowest BCUT2D eigenvalue weighted by atomic mass is 9.98. The van der Waals surface area contributed by atoms with E-state index in [0.29, 0.717) is 12.6 Å². The number of hydrogen-bond donors (Lipinski definition) is 2. The molecule has 4 heteroatoms. The minimum Gasteiger partial charge on any atom is -0.347 e. The molecule has 2 saturated heterocycles. The van der Waals surface area contributed by atoms with E-state index in [2.05, 4.69) is 5.32 Å². The van der Waals surface area contributed by atoms with Crippen molar-refractivity contribution in [3.05, 3.63) is 0 Å². The Morgan fingerprint density at radius 3 is 2.83 bits per heavy atom. The number of nitrogens with two attached hydrogens (primary N) is 1. The number of ether oxygens (including phenoxy) is 2. The Hall–Kier alpha value is -0.160. The fourth-order valence-corrected chi connectivity index (χ4v) is 1.94. The molecule has 12 heavy (non-hydrogen) atoms. The summed E-state index contributed by atoms with van der Waals surface area (Å²) in [6.45, 7) is 3.07. The van der Waals surface area contributed by atoms with Gasteiger partial charge in [-0.05, 0) is 0 Å². The second kappa shape index (κ2) is 3.30. The average molecular weight is 172 g/mol. The van der Waals surface area contributed by atoms with E-state index in [-0.39, 0.29) is 5.79 Å². The molecular weight excluding hydrogens is 156 g/mol. The van der Waals surface area contributed by atoms with Gasteiger partial charge in [-0.3, -0.25) is 0 Å². The topological polar surface area (TPSA) is 56.5 Å². The van der Waals surface area contributed by atoms with Crippen LogP contribution in [0, 0.1) is 0 Å². The van der Waals surface area contributed by atoms with Gasteiger partial charge >= 0.3 is 0 Å². The Bertz CT molecular complexity index is 157. The molecule has 2 aliphatic rings. The first-order valence-electron chi connectivity index (χ1n) is 4.56. The lowest BCUT2D eigenvalue weighted by Crippen LogP contribution is -2.51. The van der Waals surface area contributed by atoms with E-state index >= 15 is 0 Å². The first-order valence-corrected chi connectivity index (χ1v) is 4.56. The summed E-state index contributed by atoms with van der Waals surface area (Å²) in [4.78, 5) is 0. The maximum Gasteiger partial charge on any atom is 0.171 e. The van der Waals surface area contributed by atoms with Crippen LogP contribution in [0.2, 0.25) is 0 Å². The molecule has 2 heterocycles. The molecule has 2 aliphatic heterocycles. The van der Waals surface area contributed by atoms with Crippen LogP contribution >= 0.6 is 0 Å². The third-order valence-electron chi connectivity index (χ3n) is 2.59. The quantitative estimate of drug-likeness (QED) is 0.556. The number of piperidine rings is 1. The zero-order chi connectivity index (χ0) is 8.44. The zero-order valence-corrected chi connectivity index (χ0v) is 7.21. The van der Waals surface area contributed by atoms with Gasteiger partial charge in [0.1, 0.15) is 0 Å². The Morgan fingerprint density at radius 1 is 1.42 bits per heavy atom. The van der Waals surface area contributed by atoms with E-state index in [1.807, 2.05) is 0 Å². The lowest BCUT2D eigenvalue weighted by Gasteiger charge is -2.36. The number of rotatable bonds is 1. The van der Waals surface area contributed by atoms with Gasteiger partial charge in [0.15, 0.2) is 5.79 Å². The van der Waals surface area contributed by atoms with Gasteiger partial charge in [0.05, 0.1) is 13.2 Å². The summed E-state index contributed by atoms with van der Waals surface area (Å²) in [5.74, 6) is -0.296. The highest BCUT2D eigenvalue weighted by Gasteiger charge is 2.40. The van der Waals surface area contributed by atoms with Crippen LogP contribution in [0.5, 0.6) is 0 Å². The van der Waals surface area contributed by atoms with E-state index in [9.17, 15) is 0 Å². The Balaban J connectivity index is 1.97.